The Morgan fingerprint density at radius 3 is 2.96 bits per heavy atom. The summed E-state index contributed by atoms with van der Waals surface area (Å²) in [5.74, 6) is -0.623. The zero-order chi connectivity index (χ0) is 17.6. The maximum Gasteiger partial charge on any atom is 0.333 e. The molecule has 128 valence electrons. The van der Waals surface area contributed by atoms with E-state index in [-0.39, 0.29) is 5.91 Å². The third-order valence-corrected chi connectivity index (χ3v) is 5.55. The highest BCUT2D eigenvalue weighted by atomic mass is 32.1. The van der Waals surface area contributed by atoms with E-state index in [0.29, 0.717) is 23.6 Å². The Hall–Kier alpha value is -2.67. The number of hydrogen-bond acceptors (Lipinski definition) is 5. The molecule has 0 saturated heterocycles. The number of aromatic nitrogens is 2. The SMILES string of the molecule is COC(=O)C1c2ccsc2CCN1C(=O)c1c(C)nc2ccccn12. The second-order valence-corrected chi connectivity index (χ2v) is 6.95. The Labute approximate surface area is 148 Å². The molecule has 1 unspecified atom stereocenters. The molecule has 6 nitrogen and oxygen atoms in total. The van der Waals surface area contributed by atoms with Gasteiger partial charge >= 0.3 is 5.97 Å². The van der Waals surface area contributed by atoms with Crippen molar-refractivity contribution >= 4 is 28.9 Å². The van der Waals surface area contributed by atoms with Crippen LogP contribution in [0, 0.1) is 6.92 Å². The van der Waals surface area contributed by atoms with E-state index in [9.17, 15) is 9.59 Å². The summed E-state index contributed by atoms with van der Waals surface area (Å²) in [6.07, 6.45) is 2.55. The third kappa shape index (κ3) is 2.42. The van der Waals surface area contributed by atoms with Crippen molar-refractivity contribution in [2.24, 2.45) is 0 Å². The van der Waals surface area contributed by atoms with E-state index in [0.717, 1.165) is 16.9 Å². The second kappa shape index (κ2) is 6.00. The fourth-order valence-corrected chi connectivity index (χ4v) is 4.31. The molecule has 1 amide bonds. The fraction of sp³-hybridized carbons (Fsp3) is 0.278. The molecular weight excluding hydrogens is 338 g/mol. The molecule has 0 N–H and O–H groups in total. The normalized spacial score (nSPS) is 16.7. The lowest BCUT2D eigenvalue weighted by Gasteiger charge is -2.33. The number of thiophene rings is 1. The van der Waals surface area contributed by atoms with Crippen LogP contribution in [-0.4, -0.2) is 39.8 Å². The van der Waals surface area contributed by atoms with Gasteiger partial charge in [0.2, 0.25) is 0 Å². The number of ether oxygens (including phenoxy) is 1. The largest absolute Gasteiger partial charge is 0.467 e. The molecule has 0 aliphatic carbocycles. The van der Waals surface area contributed by atoms with Gasteiger partial charge in [0, 0.05) is 17.6 Å². The van der Waals surface area contributed by atoms with Crippen LogP contribution in [0.4, 0.5) is 0 Å². The molecular formula is C18H17N3O3S. The summed E-state index contributed by atoms with van der Waals surface area (Å²) in [6, 6.07) is 6.79. The predicted molar refractivity (Wildman–Crippen MR) is 93.7 cm³/mol. The van der Waals surface area contributed by atoms with Crippen LogP contribution >= 0.6 is 11.3 Å². The van der Waals surface area contributed by atoms with E-state index in [1.807, 2.05) is 42.8 Å². The highest BCUT2D eigenvalue weighted by Crippen LogP contribution is 2.35. The van der Waals surface area contributed by atoms with Crippen molar-refractivity contribution < 1.29 is 14.3 Å². The number of amides is 1. The molecule has 4 heterocycles. The van der Waals surface area contributed by atoms with Crippen molar-refractivity contribution in [1.82, 2.24) is 14.3 Å². The average molecular weight is 355 g/mol. The monoisotopic (exact) mass is 355 g/mol. The molecule has 0 aromatic carbocycles. The van der Waals surface area contributed by atoms with Crippen LogP contribution in [0.5, 0.6) is 0 Å². The Morgan fingerprint density at radius 1 is 1.32 bits per heavy atom. The second-order valence-electron chi connectivity index (χ2n) is 5.95. The van der Waals surface area contributed by atoms with Gasteiger partial charge in [-0.1, -0.05) is 6.07 Å². The Balaban J connectivity index is 1.81. The number of esters is 1. The number of fused-ring (bicyclic) bond motifs is 2. The molecule has 1 atom stereocenters. The van der Waals surface area contributed by atoms with Crippen molar-refractivity contribution in [1.29, 1.82) is 0 Å². The maximum absolute atomic E-state index is 13.3. The minimum atomic E-state index is -0.707. The lowest BCUT2D eigenvalue weighted by atomic mass is 9.99. The molecule has 25 heavy (non-hydrogen) atoms. The summed E-state index contributed by atoms with van der Waals surface area (Å²) in [4.78, 5) is 32.9. The molecule has 1 aliphatic heterocycles. The van der Waals surface area contributed by atoms with Gasteiger partial charge in [-0.2, -0.15) is 0 Å². The molecule has 0 radical (unpaired) electrons. The Kier molecular flexibility index (Phi) is 3.80. The summed E-state index contributed by atoms with van der Waals surface area (Å²) in [7, 11) is 1.35. The van der Waals surface area contributed by atoms with Crippen LogP contribution in [0.2, 0.25) is 0 Å². The predicted octanol–water partition coefficient (Wildman–Crippen LogP) is 2.62. The van der Waals surface area contributed by atoms with Crippen molar-refractivity contribution in [3.63, 3.8) is 0 Å². The van der Waals surface area contributed by atoms with E-state index in [2.05, 4.69) is 4.98 Å². The number of methoxy groups -OCH3 is 1. The molecule has 1 aliphatic rings. The summed E-state index contributed by atoms with van der Waals surface area (Å²) >= 11 is 1.61. The average Bonchev–Trinajstić information content (AvgIpc) is 3.22. The third-order valence-electron chi connectivity index (χ3n) is 4.56. The van der Waals surface area contributed by atoms with Crippen LogP contribution < -0.4 is 0 Å². The first-order chi connectivity index (χ1) is 12.1. The minimum Gasteiger partial charge on any atom is -0.467 e. The molecule has 0 spiro atoms. The zero-order valence-corrected chi connectivity index (χ0v) is 14.7. The van der Waals surface area contributed by atoms with Gasteiger partial charge in [-0.25, -0.2) is 9.78 Å². The van der Waals surface area contributed by atoms with Crippen LogP contribution in [0.1, 0.15) is 32.7 Å². The van der Waals surface area contributed by atoms with Gasteiger partial charge in [0.05, 0.1) is 12.8 Å². The summed E-state index contributed by atoms with van der Waals surface area (Å²) in [5, 5.41) is 1.95. The number of rotatable bonds is 2. The van der Waals surface area contributed by atoms with Gasteiger partial charge in [0.1, 0.15) is 11.3 Å². The van der Waals surface area contributed by atoms with Gasteiger partial charge in [0.15, 0.2) is 6.04 Å². The lowest BCUT2D eigenvalue weighted by Crippen LogP contribution is -2.44. The number of carbonyl (C=O) groups is 2. The lowest BCUT2D eigenvalue weighted by molar-refractivity contribution is -0.146. The zero-order valence-electron chi connectivity index (χ0n) is 13.9. The standard InChI is InChI=1S/C18H17N3O3S/c1-11-15(20-8-4-3-5-14(20)19-11)17(22)21-9-6-13-12(7-10-25-13)16(21)18(23)24-2/h3-5,7-8,10,16H,6,9H2,1-2H3. The van der Waals surface area contributed by atoms with E-state index in [1.165, 1.54) is 7.11 Å². The van der Waals surface area contributed by atoms with Crippen molar-refractivity contribution in [3.8, 4) is 0 Å². The molecule has 7 heteroatoms. The van der Waals surface area contributed by atoms with E-state index < -0.39 is 12.0 Å². The topological polar surface area (TPSA) is 63.9 Å². The van der Waals surface area contributed by atoms with E-state index >= 15 is 0 Å². The van der Waals surface area contributed by atoms with Gasteiger partial charge in [-0.3, -0.25) is 9.20 Å². The number of carbonyl (C=O) groups excluding carboxylic acids is 2. The molecule has 3 aromatic rings. The number of nitrogens with zero attached hydrogens (tertiary/aromatic N) is 3. The molecule has 0 bridgehead atoms. The Morgan fingerprint density at radius 2 is 2.16 bits per heavy atom. The first kappa shape index (κ1) is 15.8. The quantitative estimate of drug-likeness (QED) is 0.663. The van der Waals surface area contributed by atoms with E-state index in [4.69, 9.17) is 4.74 Å². The minimum absolute atomic E-state index is 0.205. The van der Waals surface area contributed by atoms with Gasteiger partial charge in [-0.15, -0.1) is 11.3 Å². The van der Waals surface area contributed by atoms with Crippen LogP contribution in [-0.2, 0) is 16.0 Å². The number of hydrogen-bond donors (Lipinski definition) is 0. The summed E-state index contributed by atoms with van der Waals surface area (Å²) in [5.41, 5.74) is 2.72. The van der Waals surface area contributed by atoms with Crippen molar-refractivity contribution in [2.45, 2.75) is 19.4 Å². The molecule has 3 aromatic heterocycles. The summed E-state index contributed by atoms with van der Waals surface area (Å²) < 4.78 is 6.75. The smallest absolute Gasteiger partial charge is 0.333 e. The number of imidazole rings is 1. The molecule has 4 rings (SSSR count). The van der Waals surface area contributed by atoms with Crippen LogP contribution in [0.3, 0.4) is 0 Å². The van der Waals surface area contributed by atoms with Crippen LogP contribution in [0.25, 0.3) is 5.65 Å². The highest BCUT2D eigenvalue weighted by molar-refractivity contribution is 7.10. The van der Waals surface area contributed by atoms with Gasteiger partial charge in [-0.05, 0) is 42.5 Å². The number of pyridine rings is 1. The van der Waals surface area contributed by atoms with Crippen molar-refractivity contribution in [2.75, 3.05) is 13.7 Å². The van der Waals surface area contributed by atoms with Crippen molar-refractivity contribution in [3.05, 3.63) is 57.7 Å². The summed E-state index contributed by atoms with van der Waals surface area (Å²) in [6.45, 7) is 2.29. The fourth-order valence-electron chi connectivity index (χ4n) is 3.41. The first-order valence-electron chi connectivity index (χ1n) is 8.00. The molecule has 0 fully saturated rings. The Bertz CT molecular complexity index is 975. The first-order valence-corrected chi connectivity index (χ1v) is 8.88. The van der Waals surface area contributed by atoms with Gasteiger partial charge < -0.3 is 9.64 Å². The van der Waals surface area contributed by atoms with Crippen LogP contribution in [0.15, 0.2) is 35.8 Å². The van der Waals surface area contributed by atoms with E-state index in [1.54, 1.807) is 20.6 Å². The highest BCUT2D eigenvalue weighted by Gasteiger charge is 2.39. The van der Waals surface area contributed by atoms with Gasteiger partial charge in [0.25, 0.3) is 5.91 Å². The molecule has 0 saturated carbocycles. The number of aryl methyl sites for hydroxylation is 1. The maximum atomic E-state index is 13.3.